The summed E-state index contributed by atoms with van der Waals surface area (Å²) in [4.78, 5) is 4.62. The van der Waals surface area contributed by atoms with E-state index in [2.05, 4.69) is 60.9 Å². The van der Waals surface area contributed by atoms with E-state index in [-0.39, 0.29) is 0 Å². The molecule has 3 heterocycles. The molecule has 0 unspecified atom stereocenters. The molecule has 6 aromatic rings. The van der Waals surface area contributed by atoms with Crippen LogP contribution in [-0.4, -0.2) is 19.3 Å². The second-order valence-corrected chi connectivity index (χ2v) is 8.33. The third-order valence-corrected chi connectivity index (χ3v) is 5.90. The highest BCUT2D eigenvalue weighted by atomic mass is 79.9. The maximum atomic E-state index is 6.25. The van der Waals surface area contributed by atoms with E-state index in [0.717, 1.165) is 43.9 Å². The summed E-state index contributed by atoms with van der Waals surface area (Å²) in [5, 5.41) is 6.63. The third-order valence-electron chi connectivity index (χ3n) is 5.40. The Morgan fingerprint density at radius 2 is 1.59 bits per heavy atom. The molecule has 0 N–H and O–H groups in total. The molecule has 0 fully saturated rings. The number of nitrogens with zero attached hydrogens (tertiary/aromatic N) is 4. The van der Waals surface area contributed by atoms with Gasteiger partial charge in [-0.1, -0.05) is 40.2 Å². The first kappa shape index (κ1) is 18.8. The van der Waals surface area contributed by atoms with E-state index in [1.54, 1.807) is 12.4 Å². The molecule has 0 bridgehead atoms. The molecule has 0 radical (unpaired) electrons. The highest BCUT2D eigenvalue weighted by Gasteiger charge is 2.14. The zero-order chi connectivity index (χ0) is 21.5. The number of hydrogen-bond donors (Lipinski definition) is 0. The van der Waals surface area contributed by atoms with Crippen molar-refractivity contribution in [1.82, 2.24) is 19.3 Å². The molecular formula is C26H17BrN4O. The molecule has 0 saturated heterocycles. The number of fused-ring (bicyclic) bond motifs is 3. The standard InChI is InChI=1S/C26H17BrN4O/c27-18-11-13-28-26(15-18)31-24-8-2-1-7-22(24)23-10-9-21(17-25(23)31)32-20-6-3-5-19(16-20)30-14-4-12-29-30/h1-17H. The van der Waals surface area contributed by atoms with Gasteiger partial charge in [0.15, 0.2) is 0 Å². The molecule has 0 aliphatic rings. The van der Waals surface area contributed by atoms with Gasteiger partial charge in [-0.2, -0.15) is 5.10 Å². The normalized spacial score (nSPS) is 11.3. The predicted octanol–water partition coefficient (Wildman–Crippen LogP) is 6.92. The number of halogens is 1. The molecule has 3 aromatic heterocycles. The van der Waals surface area contributed by atoms with Gasteiger partial charge >= 0.3 is 0 Å². The van der Waals surface area contributed by atoms with Crippen LogP contribution in [0.3, 0.4) is 0 Å². The van der Waals surface area contributed by atoms with E-state index in [4.69, 9.17) is 4.74 Å². The molecule has 3 aromatic carbocycles. The third kappa shape index (κ3) is 3.25. The van der Waals surface area contributed by atoms with Crippen LogP contribution in [0.1, 0.15) is 0 Å². The Morgan fingerprint density at radius 3 is 2.47 bits per heavy atom. The maximum absolute atomic E-state index is 6.25. The Bertz CT molecular complexity index is 1570. The van der Waals surface area contributed by atoms with Crippen molar-refractivity contribution in [2.75, 3.05) is 0 Å². The van der Waals surface area contributed by atoms with Gasteiger partial charge in [-0.15, -0.1) is 0 Å². The lowest BCUT2D eigenvalue weighted by Gasteiger charge is -2.10. The summed E-state index contributed by atoms with van der Waals surface area (Å²) >= 11 is 3.57. The lowest BCUT2D eigenvalue weighted by Crippen LogP contribution is -1.97. The first-order valence-electron chi connectivity index (χ1n) is 10.2. The van der Waals surface area contributed by atoms with Gasteiger partial charge in [0.1, 0.15) is 17.3 Å². The Balaban J connectivity index is 1.48. The van der Waals surface area contributed by atoms with Crippen molar-refractivity contribution in [3.05, 3.63) is 108 Å². The molecule has 6 rings (SSSR count). The Hall–Kier alpha value is -3.90. The average molecular weight is 481 g/mol. The summed E-state index contributed by atoms with van der Waals surface area (Å²) in [6, 6.07) is 28.3. The second kappa shape index (κ2) is 7.66. The predicted molar refractivity (Wildman–Crippen MR) is 130 cm³/mol. The largest absolute Gasteiger partial charge is 0.457 e. The van der Waals surface area contributed by atoms with Crippen LogP contribution in [0.2, 0.25) is 0 Å². The van der Waals surface area contributed by atoms with Crippen molar-refractivity contribution in [3.63, 3.8) is 0 Å². The fourth-order valence-corrected chi connectivity index (χ4v) is 4.35. The van der Waals surface area contributed by atoms with Gasteiger partial charge in [0, 0.05) is 46.0 Å². The number of pyridine rings is 1. The lowest BCUT2D eigenvalue weighted by molar-refractivity contribution is 0.483. The van der Waals surface area contributed by atoms with Crippen LogP contribution in [0.15, 0.2) is 108 Å². The van der Waals surface area contributed by atoms with Gasteiger partial charge in [0.25, 0.3) is 0 Å². The van der Waals surface area contributed by atoms with Gasteiger partial charge in [-0.3, -0.25) is 4.57 Å². The summed E-state index contributed by atoms with van der Waals surface area (Å²) in [7, 11) is 0. The van der Waals surface area contributed by atoms with E-state index in [0.29, 0.717) is 0 Å². The van der Waals surface area contributed by atoms with Crippen LogP contribution in [-0.2, 0) is 0 Å². The number of para-hydroxylation sites is 1. The molecule has 0 amide bonds. The zero-order valence-corrected chi connectivity index (χ0v) is 18.5. The summed E-state index contributed by atoms with van der Waals surface area (Å²) in [6.45, 7) is 0. The molecule has 0 aliphatic heterocycles. The topological polar surface area (TPSA) is 44.9 Å². The van der Waals surface area contributed by atoms with Crippen molar-refractivity contribution in [3.8, 4) is 23.0 Å². The highest BCUT2D eigenvalue weighted by Crippen LogP contribution is 2.35. The number of hydrogen-bond acceptors (Lipinski definition) is 3. The SMILES string of the molecule is Brc1ccnc(-n2c3ccccc3c3ccc(Oc4cccc(-n5cccn5)c4)cc32)c1. The lowest BCUT2D eigenvalue weighted by atomic mass is 10.1. The minimum Gasteiger partial charge on any atom is -0.457 e. The number of rotatable bonds is 4. The number of benzene rings is 3. The van der Waals surface area contributed by atoms with Crippen molar-refractivity contribution in [2.45, 2.75) is 0 Å². The van der Waals surface area contributed by atoms with Gasteiger partial charge in [-0.25, -0.2) is 9.67 Å². The molecule has 0 saturated carbocycles. The minimum absolute atomic E-state index is 0.751. The fraction of sp³-hybridized carbons (Fsp3) is 0. The zero-order valence-electron chi connectivity index (χ0n) is 16.9. The molecule has 154 valence electrons. The molecule has 0 aliphatic carbocycles. The molecule has 0 atom stereocenters. The fourth-order valence-electron chi connectivity index (χ4n) is 4.02. The first-order valence-corrected chi connectivity index (χ1v) is 11.0. The van der Waals surface area contributed by atoms with E-state index in [9.17, 15) is 0 Å². The Kier molecular flexibility index (Phi) is 4.51. The van der Waals surface area contributed by atoms with Crippen molar-refractivity contribution in [2.24, 2.45) is 0 Å². The van der Waals surface area contributed by atoms with Crippen LogP contribution in [0.5, 0.6) is 11.5 Å². The quantitative estimate of drug-likeness (QED) is 0.275. The van der Waals surface area contributed by atoms with Gasteiger partial charge in [0.05, 0.1) is 16.7 Å². The van der Waals surface area contributed by atoms with Gasteiger partial charge in [-0.05, 0) is 48.5 Å². The van der Waals surface area contributed by atoms with E-state index < -0.39 is 0 Å². The highest BCUT2D eigenvalue weighted by molar-refractivity contribution is 9.10. The smallest absolute Gasteiger partial charge is 0.138 e. The monoisotopic (exact) mass is 480 g/mol. The molecule has 32 heavy (non-hydrogen) atoms. The van der Waals surface area contributed by atoms with E-state index >= 15 is 0 Å². The molecular weight excluding hydrogens is 464 g/mol. The van der Waals surface area contributed by atoms with Crippen molar-refractivity contribution >= 4 is 37.7 Å². The summed E-state index contributed by atoms with van der Waals surface area (Å²) in [5.74, 6) is 2.36. The first-order chi connectivity index (χ1) is 15.8. The summed E-state index contributed by atoms with van der Waals surface area (Å²) in [6.07, 6.45) is 5.48. The molecule has 6 heteroatoms. The molecule has 5 nitrogen and oxygen atoms in total. The Morgan fingerprint density at radius 1 is 0.719 bits per heavy atom. The number of aromatic nitrogens is 4. The average Bonchev–Trinajstić information content (AvgIpc) is 3.46. The maximum Gasteiger partial charge on any atom is 0.138 e. The minimum atomic E-state index is 0.751. The summed E-state index contributed by atoms with van der Waals surface area (Å²) < 4.78 is 11.2. The van der Waals surface area contributed by atoms with Crippen LogP contribution in [0.4, 0.5) is 0 Å². The van der Waals surface area contributed by atoms with Gasteiger partial charge in [0.2, 0.25) is 0 Å². The van der Waals surface area contributed by atoms with Crippen LogP contribution in [0, 0.1) is 0 Å². The van der Waals surface area contributed by atoms with Gasteiger partial charge < -0.3 is 4.74 Å². The van der Waals surface area contributed by atoms with Crippen molar-refractivity contribution < 1.29 is 4.74 Å². The van der Waals surface area contributed by atoms with E-state index in [1.807, 2.05) is 65.5 Å². The van der Waals surface area contributed by atoms with Crippen LogP contribution >= 0.6 is 15.9 Å². The van der Waals surface area contributed by atoms with E-state index in [1.165, 1.54) is 5.39 Å². The second-order valence-electron chi connectivity index (χ2n) is 7.41. The van der Waals surface area contributed by atoms with Crippen LogP contribution < -0.4 is 4.74 Å². The van der Waals surface area contributed by atoms with Crippen molar-refractivity contribution in [1.29, 1.82) is 0 Å². The summed E-state index contributed by atoms with van der Waals surface area (Å²) in [5.41, 5.74) is 3.09. The number of ether oxygens (including phenoxy) is 1. The molecule has 0 spiro atoms. The Labute approximate surface area is 192 Å². The van der Waals surface area contributed by atoms with Crippen LogP contribution in [0.25, 0.3) is 33.3 Å².